The molecule has 0 spiro atoms. The molecule has 0 unspecified atom stereocenters. The zero-order valence-corrected chi connectivity index (χ0v) is 13.8. The van der Waals surface area contributed by atoms with Crippen LogP contribution < -0.4 is 10.1 Å². The molecule has 0 saturated heterocycles. The first-order valence-electron chi connectivity index (χ1n) is 6.90. The predicted molar refractivity (Wildman–Crippen MR) is 89.4 cm³/mol. The third kappa shape index (κ3) is 3.41. The van der Waals surface area contributed by atoms with Gasteiger partial charge in [0.25, 0.3) is 0 Å². The smallest absolute Gasteiger partial charge is 0.161 e. The summed E-state index contributed by atoms with van der Waals surface area (Å²) in [4.78, 5) is 4.69. The van der Waals surface area contributed by atoms with E-state index in [1.807, 2.05) is 18.2 Å². The van der Waals surface area contributed by atoms with Crippen LogP contribution >= 0.6 is 23.4 Å². The Morgan fingerprint density at radius 3 is 2.70 bits per heavy atom. The van der Waals surface area contributed by atoms with Gasteiger partial charge in [-0.2, -0.15) is 0 Å². The topological polar surface area (TPSA) is 33.6 Å². The Kier molecular flexibility index (Phi) is 5.22. The van der Waals surface area contributed by atoms with Gasteiger partial charge in [-0.3, -0.25) is 4.99 Å². The number of ether oxygens (including phenoxy) is 1. The average Bonchev–Trinajstić information content (AvgIpc) is 2.50. The van der Waals surface area contributed by atoms with Crippen LogP contribution in [0.1, 0.15) is 26.7 Å². The van der Waals surface area contributed by atoms with E-state index in [2.05, 4.69) is 24.2 Å². The van der Waals surface area contributed by atoms with Gasteiger partial charge in [0.05, 0.1) is 17.8 Å². The number of halogens is 1. The van der Waals surface area contributed by atoms with E-state index in [0.29, 0.717) is 10.4 Å². The van der Waals surface area contributed by atoms with E-state index in [-0.39, 0.29) is 0 Å². The number of methoxy groups -OCH3 is 1. The van der Waals surface area contributed by atoms with Crippen LogP contribution in [0.5, 0.6) is 5.75 Å². The molecule has 3 nitrogen and oxygen atoms in total. The molecule has 1 aromatic carbocycles. The van der Waals surface area contributed by atoms with Crippen molar-refractivity contribution in [3.05, 3.63) is 23.2 Å². The van der Waals surface area contributed by atoms with E-state index >= 15 is 0 Å². The number of hydrogen-bond donors (Lipinski definition) is 1. The number of aliphatic imine (C=N–C) groups is 1. The van der Waals surface area contributed by atoms with Crippen LogP contribution in [0, 0.1) is 5.41 Å². The number of anilines is 1. The van der Waals surface area contributed by atoms with Crippen LogP contribution in [-0.2, 0) is 0 Å². The Morgan fingerprint density at radius 2 is 2.15 bits per heavy atom. The molecule has 0 aromatic heterocycles. The van der Waals surface area contributed by atoms with Gasteiger partial charge in [0.2, 0.25) is 0 Å². The Labute approximate surface area is 130 Å². The highest BCUT2D eigenvalue weighted by Crippen LogP contribution is 2.36. The first kappa shape index (κ1) is 15.5. The molecule has 0 fully saturated rings. The number of benzene rings is 1. The zero-order valence-electron chi connectivity index (χ0n) is 12.2. The molecule has 1 aromatic rings. The monoisotopic (exact) mass is 312 g/mol. The molecule has 0 amide bonds. The average molecular weight is 313 g/mol. The normalized spacial score (nSPS) is 17.5. The molecule has 0 aliphatic carbocycles. The lowest BCUT2D eigenvalue weighted by Crippen LogP contribution is -2.32. The molecule has 110 valence electrons. The Balaban J connectivity index is 2.10. The molecule has 0 atom stereocenters. The fraction of sp³-hybridized carbons (Fsp3) is 0.533. The summed E-state index contributed by atoms with van der Waals surface area (Å²) in [5, 5.41) is 4.93. The van der Waals surface area contributed by atoms with Crippen molar-refractivity contribution in [1.82, 2.24) is 0 Å². The molecule has 2 rings (SSSR count). The second-order valence-corrected chi connectivity index (χ2v) is 6.46. The van der Waals surface area contributed by atoms with Crippen molar-refractivity contribution in [3.8, 4) is 5.75 Å². The van der Waals surface area contributed by atoms with E-state index in [9.17, 15) is 0 Å². The number of amidine groups is 1. The van der Waals surface area contributed by atoms with Crippen LogP contribution in [0.3, 0.4) is 0 Å². The fourth-order valence-corrected chi connectivity index (χ4v) is 3.59. The van der Waals surface area contributed by atoms with Gasteiger partial charge < -0.3 is 10.1 Å². The minimum absolute atomic E-state index is 0.355. The van der Waals surface area contributed by atoms with E-state index in [0.717, 1.165) is 28.9 Å². The summed E-state index contributed by atoms with van der Waals surface area (Å²) >= 11 is 7.98. The summed E-state index contributed by atoms with van der Waals surface area (Å²) in [6.45, 7) is 5.38. The first-order chi connectivity index (χ1) is 9.62. The first-order valence-corrected chi connectivity index (χ1v) is 8.26. The third-order valence-electron chi connectivity index (χ3n) is 3.99. The quantitative estimate of drug-likeness (QED) is 0.877. The minimum atomic E-state index is 0.355. The second kappa shape index (κ2) is 6.72. The van der Waals surface area contributed by atoms with Crippen molar-refractivity contribution in [2.45, 2.75) is 26.7 Å². The predicted octanol–water partition coefficient (Wildman–Crippen LogP) is 4.67. The van der Waals surface area contributed by atoms with Gasteiger partial charge in [-0.15, -0.1) is 0 Å². The summed E-state index contributed by atoms with van der Waals surface area (Å²) in [5.41, 5.74) is 1.20. The Hall–Kier alpha value is -0.870. The summed E-state index contributed by atoms with van der Waals surface area (Å²) < 4.78 is 5.22. The van der Waals surface area contributed by atoms with Gasteiger partial charge in [-0.1, -0.05) is 37.2 Å². The zero-order chi connectivity index (χ0) is 14.6. The maximum Gasteiger partial charge on any atom is 0.161 e. The number of rotatable bonds is 4. The highest BCUT2D eigenvalue weighted by atomic mass is 35.5. The highest BCUT2D eigenvalue weighted by Gasteiger charge is 2.30. The molecule has 5 heteroatoms. The number of nitrogens with one attached hydrogen (secondary N) is 1. The van der Waals surface area contributed by atoms with Crippen LogP contribution in [0.4, 0.5) is 5.69 Å². The van der Waals surface area contributed by atoms with Crippen molar-refractivity contribution >= 4 is 34.2 Å². The molecule has 20 heavy (non-hydrogen) atoms. The lowest BCUT2D eigenvalue weighted by Gasteiger charge is -2.33. The van der Waals surface area contributed by atoms with Crippen LogP contribution in [0.25, 0.3) is 0 Å². The van der Waals surface area contributed by atoms with Crippen molar-refractivity contribution in [2.24, 2.45) is 10.4 Å². The van der Waals surface area contributed by atoms with E-state index < -0.39 is 0 Å². The number of nitrogens with zero attached hydrogens (tertiary/aromatic N) is 1. The second-order valence-electron chi connectivity index (χ2n) is 5.09. The maximum atomic E-state index is 6.20. The Bertz CT molecular complexity index is 501. The molecular formula is C15H21ClN2OS. The summed E-state index contributed by atoms with van der Waals surface area (Å²) in [6.07, 6.45) is 2.35. The largest absolute Gasteiger partial charge is 0.497 e. The molecule has 1 aliphatic rings. The van der Waals surface area contributed by atoms with Crippen molar-refractivity contribution < 1.29 is 4.74 Å². The van der Waals surface area contributed by atoms with Crippen LogP contribution in [0.15, 0.2) is 23.2 Å². The van der Waals surface area contributed by atoms with E-state index in [4.69, 9.17) is 16.3 Å². The third-order valence-corrected chi connectivity index (χ3v) is 5.58. The SMILES string of the molecule is CCC1(CC)CN=C(Nc2cc(OC)ccc2Cl)SC1. The molecule has 1 heterocycles. The van der Waals surface area contributed by atoms with Crippen LogP contribution in [-0.4, -0.2) is 24.6 Å². The molecule has 0 bridgehead atoms. The molecule has 0 radical (unpaired) electrons. The van der Waals surface area contributed by atoms with E-state index in [1.165, 1.54) is 12.8 Å². The van der Waals surface area contributed by atoms with Gasteiger partial charge in [-0.25, -0.2) is 0 Å². The lowest BCUT2D eigenvalue weighted by atomic mass is 9.84. The molecule has 0 saturated carbocycles. The molecular weight excluding hydrogens is 292 g/mol. The molecule has 1 N–H and O–H groups in total. The Morgan fingerprint density at radius 1 is 1.40 bits per heavy atom. The van der Waals surface area contributed by atoms with Crippen molar-refractivity contribution in [1.29, 1.82) is 0 Å². The van der Waals surface area contributed by atoms with Crippen LogP contribution in [0.2, 0.25) is 5.02 Å². The maximum absolute atomic E-state index is 6.20. The van der Waals surface area contributed by atoms with E-state index in [1.54, 1.807) is 18.9 Å². The summed E-state index contributed by atoms with van der Waals surface area (Å²) in [7, 11) is 1.65. The highest BCUT2D eigenvalue weighted by molar-refractivity contribution is 8.14. The van der Waals surface area contributed by atoms with Gasteiger partial charge in [0.15, 0.2) is 5.17 Å². The number of thioether (sulfide) groups is 1. The fourth-order valence-electron chi connectivity index (χ4n) is 2.15. The number of hydrogen-bond acceptors (Lipinski definition) is 4. The van der Waals surface area contributed by atoms with Gasteiger partial charge in [0, 0.05) is 18.4 Å². The summed E-state index contributed by atoms with van der Waals surface area (Å²) in [5.74, 6) is 1.89. The van der Waals surface area contributed by atoms with Gasteiger partial charge in [-0.05, 0) is 30.4 Å². The minimum Gasteiger partial charge on any atom is -0.497 e. The van der Waals surface area contributed by atoms with Gasteiger partial charge in [0.1, 0.15) is 5.75 Å². The summed E-state index contributed by atoms with van der Waals surface area (Å²) in [6, 6.07) is 5.58. The van der Waals surface area contributed by atoms with Gasteiger partial charge >= 0.3 is 0 Å². The van der Waals surface area contributed by atoms with Crippen molar-refractivity contribution in [2.75, 3.05) is 24.7 Å². The standard InChI is InChI=1S/C15H21ClN2OS/c1-4-15(5-2)9-17-14(20-10-15)18-13-8-11(19-3)6-7-12(13)16/h6-8H,4-5,9-10H2,1-3H3,(H,17,18). The van der Waals surface area contributed by atoms with Crippen molar-refractivity contribution in [3.63, 3.8) is 0 Å². The lowest BCUT2D eigenvalue weighted by molar-refractivity contribution is 0.318. The molecule has 1 aliphatic heterocycles.